The number of rotatable bonds is 6. The average molecular weight is 409 g/mol. The maximum atomic E-state index is 12.7. The lowest BCUT2D eigenvalue weighted by molar-refractivity contribution is -0.146. The van der Waals surface area contributed by atoms with Crippen LogP contribution in [-0.4, -0.2) is 52.8 Å². The predicted molar refractivity (Wildman–Crippen MR) is 107 cm³/mol. The third-order valence-electron chi connectivity index (χ3n) is 5.83. The van der Waals surface area contributed by atoms with Gasteiger partial charge in [-0.2, -0.15) is 0 Å². The van der Waals surface area contributed by atoms with Crippen molar-refractivity contribution in [1.82, 2.24) is 4.90 Å². The van der Waals surface area contributed by atoms with Crippen LogP contribution in [0.2, 0.25) is 0 Å². The average Bonchev–Trinajstić information content (AvgIpc) is 3.31. The summed E-state index contributed by atoms with van der Waals surface area (Å²) in [5.74, 6) is -2.62. The first-order valence-electron chi connectivity index (χ1n) is 10.0. The van der Waals surface area contributed by atoms with Crippen molar-refractivity contribution in [2.24, 2.45) is 5.92 Å². The van der Waals surface area contributed by atoms with Crippen LogP contribution < -0.4 is 0 Å². The molecular formula is C23H23NO6. The lowest BCUT2D eigenvalue weighted by Crippen LogP contribution is -2.41. The van der Waals surface area contributed by atoms with E-state index in [0.717, 1.165) is 5.56 Å². The topological polar surface area (TPSA) is 93.1 Å². The number of aliphatic carboxylic acids is 1. The molecule has 0 saturated carbocycles. The molecule has 156 valence electrons. The van der Waals surface area contributed by atoms with Crippen LogP contribution in [0.5, 0.6) is 0 Å². The highest BCUT2D eigenvalue weighted by Crippen LogP contribution is 2.44. The van der Waals surface area contributed by atoms with Crippen LogP contribution in [0.4, 0.5) is 4.79 Å². The number of hydrogen-bond acceptors (Lipinski definition) is 5. The molecule has 1 amide bonds. The third kappa shape index (κ3) is 3.87. The lowest BCUT2D eigenvalue weighted by atomic mass is 9.86. The molecule has 2 aromatic rings. The molecule has 0 unspecified atom stereocenters. The minimum absolute atomic E-state index is 0.199. The predicted octanol–water partition coefficient (Wildman–Crippen LogP) is 3.14. The van der Waals surface area contributed by atoms with Gasteiger partial charge in [-0.3, -0.25) is 9.69 Å². The molecule has 2 bridgehead atoms. The van der Waals surface area contributed by atoms with Gasteiger partial charge < -0.3 is 14.6 Å². The number of carboxylic acids is 1. The number of benzene rings is 2. The summed E-state index contributed by atoms with van der Waals surface area (Å²) in [5.41, 5.74) is 1.40. The molecule has 0 spiro atoms. The van der Waals surface area contributed by atoms with Crippen LogP contribution in [0.15, 0.2) is 60.7 Å². The highest BCUT2D eigenvalue weighted by Gasteiger charge is 2.60. The Kier molecular flexibility index (Phi) is 5.70. The first kappa shape index (κ1) is 19.9. The van der Waals surface area contributed by atoms with Crippen LogP contribution in [0.3, 0.4) is 0 Å². The van der Waals surface area contributed by atoms with E-state index in [2.05, 4.69) is 0 Å². The van der Waals surface area contributed by atoms with Crippen molar-refractivity contribution in [3.05, 3.63) is 71.8 Å². The molecule has 30 heavy (non-hydrogen) atoms. The molecule has 0 aromatic heterocycles. The van der Waals surface area contributed by atoms with E-state index in [0.29, 0.717) is 24.8 Å². The third-order valence-corrected chi connectivity index (χ3v) is 5.83. The summed E-state index contributed by atoms with van der Waals surface area (Å²) in [4.78, 5) is 38.6. The van der Waals surface area contributed by atoms with Crippen molar-refractivity contribution < 1.29 is 29.0 Å². The van der Waals surface area contributed by atoms with E-state index in [-0.39, 0.29) is 6.61 Å². The number of esters is 1. The van der Waals surface area contributed by atoms with Gasteiger partial charge in [0.1, 0.15) is 12.0 Å². The quantitative estimate of drug-likeness (QED) is 0.737. The molecule has 2 aliphatic heterocycles. The first-order valence-corrected chi connectivity index (χ1v) is 10.0. The number of nitrogens with zero attached hydrogens (tertiary/aromatic N) is 1. The Bertz CT molecular complexity index is 916. The second kappa shape index (κ2) is 8.57. The normalized spacial score (nSPS) is 24.5. The summed E-state index contributed by atoms with van der Waals surface area (Å²) in [7, 11) is 0. The molecule has 1 N–H and O–H groups in total. The van der Waals surface area contributed by atoms with E-state index in [1.54, 1.807) is 30.3 Å². The Balaban J connectivity index is 1.43. The van der Waals surface area contributed by atoms with E-state index in [4.69, 9.17) is 9.47 Å². The zero-order valence-electron chi connectivity index (χ0n) is 16.3. The highest BCUT2D eigenvalue weighted by atomic mass is 16.6. The molecule has 7 heteroatoms. The van der Waals surface area contributed by atoms with Gasteiger partial charge in [-0.1, -0.05) is 48.5 Å². The summed E-state index contributed by atoms with van der Waals surface area (Å²) < 4.78 is 11.0. The second-order valence-corrected chi connectivity index (χ2v) is 7.57. The molecule has 2 fully saturated rings. The molecule has 4 rings (SSSR count). The van der Waals surface area contributed by atoms with Crippen LogP contribution in [0, 0.1) is 5.92 Å². The molecule has 0 aliphatic carbocycles. The van der Waals surface area contributed by atoms with Gasteiger partial charge in [-0.15, -0.1) is 0 Å². The van der Waals surface area contributed by atoms with Gasteiger partial charge in [0.25, 0.3) is 0 Å². The summed E-state index contributed by atoms with van der Waals surface area (Å²) in [6, 6.07) is 17.1. The first-order chi connectivity index (χ1) is 14.6. The minimum atomic E-state index is -1.07. The fraction of sp³-hybridized carbons (Fsp3) is 0.348. The molecule has 2 aliphatic rings. The number of amides is 1. The van der Waals surface area contributed by atoms with Crippen molar-refractivity contribution in [3.8, 4) is 0 Å². The Morgan fingerprint density at radius 1 is 0.933 bits per heavy atom. The molecule has 2 heterocycles. The molecule has 7 nitrogen and oxygen atoms in total. The molecule has 0 radical (unpaired) electrons. The number of ether oxygens (including phenoxy) is 2. The molecule has 2 aromatic carbocycles. The second-order valence-electron chi connectivity index (χ2n) is 7.57. The van der Waals surface area contributed by atoms with Gasteiger partial charge in [-0.25, -0.2) is 9.59 Å². The Hall–Kier alpha value is -3.35. The molecular weight excluding hydrogens is 386 g/mol. The number of carbonyl (C=O) groups excluding carboxylic acids is 2. The number of carbonyl (C=O) groups is 3. The number of hydrogen-bond donors (Lipinski definition) is 1. The molecule has 2 saturated heterocycles. The van der Waals surface area contributed by atoms with Crippen molar-refractivity contribution in [3.63, 3.8) is 0 Å². The SMILES string of the molecule is O=C(O[C@@H]1[C@@H](C(=O)O)[C@@H]2CC[C@@H]1N2C(=O)OCCc1ccccc1)c1ccccc1. The van der Waals surface area contributed by atoms with Crippen LogP contribution in [0.25, 0.3) is 0 Å². The maximum Gasteiger partial charge on any atom is 0.410 e. The van der Waals surface area contributed by atoms with E-state index >= 15 is 0 Å². The fourth-order valence-corrected chi connectivity index (χ4v) is 4.47. The van der Waals surface area contributed by atoms with E-state index in [9.17, 15) is 19.5 Å². The maximum absolute atomic E-state index is 12.7. The van der Waals surface area contributed by atoms with Crippen molar-refractivity contribution in [1.29, 1.82) is 0 Å². The lowest BCUT2D eigenvalue weighted by Gasteiger charge is -2.25. The largest absolute Gasteiger partial charge is 0.481 e. The molecule has 4 atom stereocenters. The van der Waals surface area contributed by atoms with Crippen LogP contribution in [-0.2, 0) is 20.7 Å². The summed E-state index contributed by atoms with van der Waals surface area (Å²) >= 11 is 0. The van der Waals surface area contributed by atoms with Gasteiger partial charge in [0.15, 0.2) is 0 Å². The summed E-state index contributed by atoms with van der Waals surface area (Å²) in [6.07, 6.45) is 0.257. The fourth-order valence-electron chi connectivity index (χ4n) is 4.47. The van der Waals surface area contributed by atoms with Gasteiger partial charge >= 0.3 is 18.0 Å². The Labute approximate surface area is 174 Å². The van der Waals surface area contributed by atoms with Crippen molar-refractivity contribution >= 4 is 18.0 Å². The highest BCUT2D eigenvalue weighted by molar-refractivity contribution is 5.90. The van der Waals surface area contributed by atoms with Crippen LogP contribution in [0.1, 0.15) is 28.8 Å². The van der Waals surface area contributed by atoms with Gasteiger partial charge in [0.2, 0.25) is 0 Å². The number of fused-ring (bicyclic) bond motifs is 2. The Morgan fingerprint density at radius 3 is 2.23 bits per heavy atom. The zero-order valence-corrected chi connectivity index (χ0v) is 16.3. The van der Waals surface area contributed by atoms with Gasteiger partial charge in [-0.05, 0) is 30.5 Å². The zero-order chi connectivity index (χ0) is 21.1. The van der Waals surface area contributed by atoms with Crippen molar-refractivity contribution in [2.75, 3.05) is 6.61 Å². The smallest absolute Gasteiger partial charge is 0.410 e. The summed E-state index contributed by atoms with van der Waals surface area (Å²) in [5, 5.41) is 9.74. The van der Waals surface area contributed by atoms with Crippen molar-refractivity contribution in [2.45, 2.75) is 37.5 Å². The van der Waals surface area contributed by atoms with E-state index in [1.807, 2.05) is 30.3 Å². The van der Waals surface area contributed by atoms with E-state index in [1.165, 1.54) is 4.90 Å². The Morgan fingerprint density at radius 2 is 1.57 bits per heavy atom. The van der Waals surface area contributed by atoms with Crippen LogP contribution >= 0.6 is 0 Å². The monoisotopic (exact) mass is 409 g/mol. The number of carboxylic acid groups (broad SMARTS) is 1. The van der Waals surface area contributed by atoms with E-state index < -0.39 is 42.1 Å². The minimum Gasteiger partial charge on any atom is -0.481 e. The van der Waals surface area contributed by atoms with Gasteiger partial charge in [0, 0.05) is 6.42 Å². The van der Waals surface area contributed by atoms with Gasteiger partial charge in [0.05, 0.1) is 24.3 Å². The summed E-state index contributed by atoms with van der Waals surface area (Å²) in [6.45, 7) is 0.199. The standard InChI is InChI=1S/C23H23NO6/c25-21(26)19-17-11-12-18(20(19)30-22(27)16-9-5-2-6-10-16)24(17)23(28)29-14-13-15-7-3-1-4-8-15/h1-10,17-20H,11-14H2,(H,25,26)/t17-,18-,19-,20-/m0/s1.